The molecule has 0 saturated carbocycles. The molecule has 0 aliphatic heterocycles. The summed E-state index contributed by atoms with van der Waals surface area (Å²) < 4.78 is 9.55. The van der Waals surface area contributed by atoms with Crippen LogP contribution in [0.1, 0.15) is 40.5 Å². The molecule has 0 aromatic heterocycles. The van der Waals surface area contributed by atoms with Gasteiger partial charge in [0, 0.05) is 12.2 Å². The lowest BCUT2D eigenvalue weighted by Gasteiger charge is -2.12. The summed E-state index contributed by atoms with van der Waals surface area (Å²) in [5.74, 6) is -2.70. The lowest BCUT2D eigenvalue weighted by molar-refractivity contribution is -0.133. The summed E-state index contributed by atoms with van der Waals surface area (Å²) in [6, 6.07) is 5.71. The van der Waals surface area contributed by atoms with E-state index < -0.39 is 24.0 Å². The fourth-order valence-electron chi connectivity index (χ4n) is 1.73. The van der Waals surface area contributed by atoms with Gasteiger partial charge in [0.15, 0.2) is 0 Å². The first-order valence-electron chi connectivity index (χ1n) is 7.34. The summed E-state index contributed by atoms with van der Waals surface area (Å²) in [6.45, 7) is 4.42. The summed E-state index contributed by atoms with van der Waals surface area (Å²) >= 11 is 0. The minimum atomic E-state index is -0.989. The fraction of sp³-hybridized carbons (Fsp3) is 0.353. The lowest BCUT2D eigenvalue weighted by atomic mass is 10.1. The molecule has 0 spiro atoms. The van der Waals surface area contributed by atoms with Crippen molar-refractivity contribution in [1.29, 1.82) is 0 Å². The van der Waals surface area contributed by atoms with Crippen LogP contribution in [0.5, 0.6) is 0 Å². The first kappa shape index (κ1) is 19.5. The zero-order valence-corrected chi connectivity index (χ0v) is 13.4. The highest BCUT2D eigenvalue weighted by atomic mass is 16.6. The zero-order valence-electron chi connectivity index (χ0n) is 13.4. The Morgan fingerprint density at radius 1 is 1.17 bits per heavy atom. The van der Waals surface area contributed by atoms with E-state index in [0.717, 1.165) is 0 Å². The van der Waals surface area contributed by atoms with Crippen molar-refractivity contribution >= 4 is 17.9 Å². The molecule has 7 heteroatoms. The zero-order chi connectivity index (χ0) is 18.1. The Bertz CT molecular complexity index is 621. The Morgan fingerprint density at radius 3 is 2.29 bits per heavy atom. The summed E-state index contributed by atoms with van der Waals surface area (Å²) in [5.41, 5.74) is -0.149. The maximum absolute atomic E-state index is 12.1. The topological polar surface area (TPSA) is 110 Å². The van der Waals surface area contributed by atoms with Crippen LogP contribution in [0.25, 0.3) is 0 Å². The summed E-state index contributed by atoms with van der Waals surface area (Å²) in [7, 11) is 0. The molecular weight excluding hydrogens is 316 g/mol. The van der Waals surface area contributed by atoms with E-state index in [2.05, 4.69) is 11.3 Å². The Balaban J connectivity index is 2.78. The average molecular weight is 336 g/mol. The summed E-state index contributed by atoms with van der Waals surface area (Å²) in [5, 5.41) is 18.3. The molecule has 0 saturated heterocycles. The molecule has 2 N–H and O–H groups in total. The van der Waals surface area contributed by atoms with Crippen LogP contribution in [0, 0.1) is 0 Å². The van der Waals surface area contributed by atoms with Crippen LogP contribution in [-0.2, 0) is 14.3 Å². The van der Waals surface area contributed by atoms with E-state index in [1.807, 2.05) is 0 Å². The minimum absolute atomic E-state index is 0.0513. The largest absolute Gasteiger partial charge is 0.459 e. The highest BCUT2D eigenvalue weighted by Gasteiger charge is 2.22. The van der Waals surface area contributed by atoms with Gasteiger partial charge in [0.25, 0.3) is 0 Å². The summed E-state index contributed by atoms with van der Waals surface area (Å²) in [6.07, 6.45) is -0.254. The van der Waals surface area contributed by atoms with E-state index in [9.17, 15) is 19.5 Å². The molecule has 1 aromatic rings. The van der Waals surface area contributed by atoms with Crippen LogP contribution in [0.15, 0.2) is 36.4 Å². The Labute approximate surface area is 139 Å². The molecule has 0 heterocycles. The standard InChI is InChI=1S/C17H20O7/c1-11(2)15(20)24-17(22)14-8-4-3-7-13(14)16(21)23-10-12(19)6-5-9-18/h3-4,7-8,12,18-19H,1,5-6,9-10H2,2H3. The molecular formula is C17H20O7. The van der Waals surface area contributed by atoms with Crippen molar-refractivity contribution in [3.63, 3.8) is 0 Å². The van der Waals surface area contributed by atoms with E-state index in [-0.39, 0.29) is 36.3 Å². The van der Waals surface area contributed by atoms with Gasteiger partial charge in [0.2, 0.25) is 0 Å². The molecule has 0 amide bonds. The molecule has 0 radical (unpaired) electrons. The second-order valence-corrected chi connectivity index (χ2v) is 5.12. The second kappa shape index (κ2) is 9.59. The molecule has 130 valence electrons. The molecule has 1 unspecified atom stereocenters. The monoisotopic (exact) mass is 336 g/mol. The van der Waals surface area contributed by atoms with Crippen molar-refractivity contribution in [1.82, 2.24) is 0 Å². The number of hydrogen-bond donors (Lipinski definition) is 2. The van der Waals surface area contributed by atoms with Crippen LogP contribution in [-0.4, -0.2) is 47.4 Å². The molecule has 0 aliphatic rings. The third kappa shape index (κ3) is 5.94. The van der Waals surface area contributed by atoms with Gasteiger partial charge >= 0.3 is 17.9 Å². The Morgan fingerprint density at radius 2 is 1.75 bits per heavy atom. The molecule has 1 atom stereocenters. The van der Waals surface area contributed by atoms with Crippen LogP contribution in [0.2, 0.25) is 0 Å². The maximum atomic E-state index is 12.1. The third-order valence-corrected chi connectivity index (χ3v) is 3.00. The quantitative estimate of drug-likeness (QED) is 0.417. The van der Waals surface area contributed by atoms with Crippen LogP contribution >= 0.6 is 0 Å². The average Bonchev–Trinajstić information content (AvgIpc) is 2.57. The number of hydrogen-bond acceptors (Lipinski definition) is 7. The second-order valence-electron chi connectivity index (χ2n) is 5.12. The van der Waals surface area contributed by atoms with Crippen molar-refractivity contribution in [2.75, 3.05) is 13.2 Å². The number of carbonyl (C=O) groups excluding carboxylic acids is 3. The van der Waals surface area contributed by atoms with Gasteiger partial charge in [0.1, 0.15) is 6.61 Å². The van der Waals surface area contributed by atoms with Gasteiger partial charge in [0.05, 0.1) is 17.2 Å². The maximum Gasteiger partial charge on any atom is 0.346 e. The smallest absolute Gasteiger partial charge is 0.346 e. The number of ether oxygens (including phenoxy) is 2. The van der Waals surface area contributed by atoms with Crippen LogP contribution in [0.3, 0.4) is 0 Å². The number of esters is 3. The van der Waals surface area contributed by atoms with Gasteiger partial charge in [-0.3, -0.25) is 0 Å². The van der Waals surface area contributed by atoms with E-state index in [1.165, 1.54) is 31.2 Å². The fourth-order valence-corrected chi connectivity index (χ4v) is 1.73. The third-order valence-electron chi connectivity index (χ3n) is 3.00. The molecule has 0 bridgehead atoms. The molecule has 0 aliphatic carbocycles. The summed E-state index contributed by atoms with van der Waals surface area (Å²) in [4.78, 5) is 35.5. The number of rotatable bonds is 8. The number of aliphatic hydroxyl groups is 2. The predicted molar refractivity (Wildman–Crippen MR) is 84.3 cm³/mol. The van der Waals surface area contributed by atoms with Gasteiger partial charge in [-0.15, -0.1) is 0 Å². The molecule has 24 heavy (non-hydrogen) atoms. The SMILES string of the molecule is C=C(C)C(=O)OC(=O)c1ccccc1C(=O)OCC(O)CCCO. The van der Waals surface area contributed by atoms with Crippen molar-refractivity contribution in [2.45, 2.75) is 25.9 Å². The number of carbonyl (C=O) groups is 3. The van der Waals surface area contributed by atoms with Gasteiger partial charge in [-0.1, -0.05) is 18.7 Å². The number of benzene rings is 1. The van der Waals surface area contributed by atoms with Crippen LogP contribution < -0.4 is 0 Å². The number of aliphatic hydroxyl groups excluding tert-OH is 2. The molecule has 1 aromatic carbocycles. The van der Waals surface area contributed by atoms with Gasteiger partial charge in [-0.2, -0.15) is 0 Å². The molecule has 0 fully saturated rings. The van der Waals surface area contributed by atoms with E-state index in [0.29, 0.717) is 6.42 Å². The normalized spacial score (nSPS) is 11.5. The van der Waals surface area contributed by atoms with E-state index in [1.54, 1.807) is 0 Å². The van der Waals surface area contributed by atoms with Gasteiger partial charge in [-0.05, 0) is 31.9 Å². The van der Waals surface area contributed by atoms with Crippen molar-refractivity contribution in [2.24, 2.45) is 0 Å². The molecule has 1 rings (SSSR count). The Hall–Kier alpha value is -2.51. The van der Waals surface area contributed by atoms with Gasteiger partial charge < -0.3 is 19.7 Å². The van der Waals surface area contributed by atoms with Crippen molar-refractivity contribution < 1.29 is 34.1 Å². The lowest BCUT2D eigenvalue weighted by Crippen LogP contribution is -2.21. The van der Waals surface area contributed by atoms with Crippen LogP contribution in [0.4, 0.5) is 0 Å². The molecule has 7 nitrogen and oxygen atoms in total. The first-order valence-corrected chi connectivity index (χ1v) is 7.34. The Kier molecular flexibility index (Phi) is 7.81. The predicted octanol–water partition coefficient (Wildman–Crippen LogP) is 1.24. The van der Waals surface area contributed by atoms with Crippen molar-refractivity contribution in [3.8, 4) is 0 Å². The highest BCUT2D eigenvalue weighted by Crippen LogP contribution is 2.13. The van der Waals surface area contributed by atoms with Gasteiger partial charge in [-0.25, -0.2) is 14.4 Å². The first-order chi connectivity index (χ1) is 11.4. The van der Waals surface area contributed by atoms with Crippen molar-refractivity contribution in [3.05, 3.63) is 47.5 Å². The van der Waals surface area contributed by atoms with E-state index in [4.69, 9.17) is 9.84 Å². The highest BCUT2D eigenvalue weighted by molar-refractivity contribution is 6.07. The van der Waals surface area contributed by atoms with E-state index >= 15 is 0 Å². The minimum Gasteiger partial charge on any atom is -0.459 e.